The van der Waals surface area contributed by atoms with E-state index in [2.05, 4.69) is 45.8 Å². The van der Waals surface area contributed by atoms with E-state index in [9.17, 15) is 4.79 Å². The molecule has 0 unspecified atom stereocenters. The monoisotopic (exact) mass is 353 g/mol. The fourth-order valence-corrected chi connectivity index (χ4v) is 3.66. The van der Waals surface area contributed by atoms with Gasteiger partial charge in [-0.15, -0.1) is 0 Å². The highest BCUT2D eigenvalue weighted by atomic mass is 28.4. The van der Waals surface area contributed by atoms with Gasteiger partial charge in [0.1, 0.15) is 0 Å². The van der Waals surface area contributed by atoms with Crippen molar-refractivity contribution in [3.05, 3.63) is 0 Å². The number of ether oxygens (including phenoxy) is 1. The van der Waals surface area contributed by atoms with Gasteiger partial charge in [0.15, 0.2) is 8.32 Å². The first-order valence-electron chi connectivity index (χ1n) is 9.18. The fourth-order valence-electron chi connectivity index (χ4n) is 2.57. The SMILES string of the molecule is COC(=O)N(C#CCCCO[Si](C)(C)C(C)(C)C)C1CCCCC1. The second-order valence-corrected chi connectivity index (χ2v) is 12.9. The standard InChI is InChI=1S/C19H35NO3Si/c1-19(2,3)24(5,6)23-16-12-8-11-15-20(18(21)22-4)17-13-9-7-10-14-17/h17H,7-10,12-14,16H2,1-6H3. The van der Waals surface area contributed by atoms with Crippen LogP contribution in [-0.2, 0) is 9.16 Å². The van der Waals surface area contributed by atoms with E-state index in [-0.39, 0.29) is 17.2 Å². The average Bonchev–Trinajstić information content (AvgIpc) is 2.53. The zero-order valence-electron chi connectivity index (χ0n) is 16.4. The Morgan fingerprint density at radius 2 is 1.83 bits per heavy atom. The minimum absolute atomic E-state index is 0.210. The lowest BCUT2D eigenvalue weighted by Gasteiger charge is -2.36. The summed E-state index contributed by atoms with van der Waals surface area (Å²) in [5.41, 5.74) is 0. The predicted molar refractivity (Wildman–Crippen MR) is 101 cm³/mol. The molecule has 0 radical (unpaired) electrons. The Hall–Kier alpha value is -0.993. The molecule has 0 aromatic carbocycles. The van der Waals surface area contributed by atoms with Gasteiger partial charge in [0.2, 0.25) is 0 Å². The van der Waals surface area contributed by atoms with Gasteiger partial charge >= 0.3 is 6.09 Å². The third-order valence-electron chi connectivity index (χ3n) is 5.23. The molecule has 0 aromatic heterocycles. The lowest BCUT2D eigenvalue weighted by atomic mass is 9.95. The number of nitrogens with zero attached hydrogens (tertiary/aromatic N) is 1. The highest BCUT2D eigenvalue weighted by molar-refractivity contribution is 6.74. The molecule has 1 fully saturated rings. The van der Waals surface area contributed by atoms with Gasteiger partial charge in [-0.05, 0) is 37.4 Å². The molecule has 1 aliphatic rings. The van der Waals surface area contributed by atoms with E-state index in [0.29, 0.717) is 0 Å². The number of carbonyl (C=O) groups excluding carboxylic acids is 1. The molecule has 0 N–H and O–H groups in total. The highest BCUT2D eigenvalue weighted by Crippen LogP contribution is 2.36. The van der Waals surface area contributed by atoms with Crippen molar-refractivity contribution < 1.29 is 14.0 Å². The van der Waals surface area contributed by atoms with Crippen molar-refractivity contribution in [1.82, 2.24) is 4.90 Å². The van der Waals surface area contributed by atoms with Crippen LogP contribution in [0.2, 0.25) is 18.1 Å². The molecule has 0 aliphatic heterocycles. The van der Waals surface area contributed by atoms with Crippen molar-refractivity contribution in [2.45, 2.75) is 89.9 Å². The molecular weight excluding hydrogens is 318 g/mol. The van der Waals surface area contributed by atoms with Gasteiger partial charge in [0.05, 0.1) is 7.11 Å². The summed E-state index contributed by atoms with van der Waals surface area (Å²) in [5.74, 6) is 3.13. The van der Waals surface area contributed by atoms with Crippen molar-refractivity contribution in [2.24, 2.45) is 0 Å². The zero-order valence-corrected chi connectivity index (χ0v) is 17.4. The van der Waals surface area contributed by atoms with Crippen LogP contribution in [0.5, 0.6) is 0 Å². The lowest BCUT2D eigenvalue weighted by molar-refractivity contribution is 0.121. The molecule has 4 nitrogen and oxygen atoms in total. The van der Waals surface area contributed by atoms with Gasteiger partial charge < -0.3 is 9.16 Å². The second kappa shape index (κ2) is 9.48. The summed E-state index contributed by atoms with van der Waals surface area (Å²) in [7, 11) is -0.247. The molecular formula is C19H35NO3Si. The number of hydrogen-bond acceptors (Lipinski definition) is 3. The van der Waals surface area contributed by atoms with Crippen LogP contribution in [0.3, 0.4) is 0 Å². The van der Waals surface area contributed by atoms with E-state index in [1.165, 1.54) is 26.4 Å². The minimum atomic E-state index is -1.67. The minimum Gasteiger partial charge on any atom is -0.452 e. The van der Waals surface area contributed by atoms with Gasteiger partial charge in [0.25, 0.3) is 0 Å². The molecule has 1 rings (SSSR count). The molecule has 0 spiro atoms. The molecule has 0 bridgehead atoms. The van der Waals surface area contributed by atoms with Gasteiger partial charge in [-0.1, -0.05) is 46.0 Å². The first kappa shape index (κ1) is 21.1. The molecule has 5 heteroatoms. The zero-order chi connectivity index (χ0) is 18.2. The van der Waals surface area contributed by atoms with Gasteiger partial charge in [-0.3, -0.25) is 0 Å². The molecule has 0 saturated heterocycles. The number of carbonyl (C=O) groups is 1. The molecule has 1 aliphatic carbocycles. The third-order valence-corrected chi connectivity index (χ3v) is 9.76. The molecule has 1 saturated carbocycles. The fraction of sp³-hybridized carbons (Fsp3) is 0.842. The summed E-state index contributed by atoms with van der Waals surface area (Å²) in [5, 5.41) is 0.237. The largest absolute Gasteiger partial charge is 0.452 e. The van der Waals surface area contributed by atoms with Gasteiger partial charge in [0, 0.05) is 25.1 Å². The molecule has 138 valence electrons. The number of methoxy groups -OCH3 is 1. The number of unbranched alkanes of at least 4 members (excludes halogenated alkanes) is 1. The summed E-state index contributed by atoms with van der Waals surface area (Å²) in [4.78, 5) is 13.6. The molecule has 1 amide bonds. The Morgan fingerprint density at radius 1 is 1.21 bits per heavy atom. The molecule has 24 heavy (non-hydrogen) atoms. The average molecular weight is 354 g/mol. The van der Waals surface area contributed by atoms with Crippen LogP contribution in [0.15, 0.2) is 0 Å². The summed E-state index contributed by atoms with van der Waals surface area (Å²) < 4.78 is 11.0. The van der Waals surface area contributed by atoms with E-state index >= 15 is 0 Å². The summed E-state index contributed by atoms with van der Waals surface area (Å²) in [6, 6.07) is 3.24. The van der Waals surface area contributed by atoms with Crippen LogP contribution in [0.4, 0.5) is 4.79 Å². The second-order valence-electron chi connectivity index (χ2n) is 8.13. The highest BCUT2D eigenvalue weighted by Gasteiger charge is 2.36. The number of rotatable bonds is 5. The van der Waals surface area contributed by atoms with E-state index in [4.69, 9.17) is 9.16 Å². The maximum atomic E-state index is 12.0. The van der Waals surface area contributed by atoms with E-state index < -0.39 is 8.32 Å². The van der Waals surface area contributed by atoms with Crippen molar-refractivity contribution in [3.63, 3.8) is 0 Å². The van der Waals surface area contributed by atoms with E-state index in [1.807, 2.05) is 0 Å². The number of amides is 1. The summed E-state index contributed by atoms with van der Waals surface area (Å²) >= 11 is 0. The Balaban J connectivity index is 2.45. The van der Waals surface area contributed by atoms with E-state index in [1.54, 1.807) is 4.90 Å². The maximum absolute atomic E-state index is 12.0. The third kappa shape index (κ3) is 6.49. The predicted octanol–water partition coefficient (Wildman–Crippen LogP) is 5.15. The molecule has 0 atom stereocenters. The topological polar surface area (TPSA) is 38.8 Å². The Kier molecular flexibility index (Phi) is 8.31. The lowest BCUT2D eigenvalue weighted by Crippen LogP contribution is -2.40. The van der Waals surface area contributed by atoms with Crippen LogP contribution in [-0.4, -0.2) is 39.1 Å². The molecule has 0 heterocycles. The van der Waals surface area contributed by atoms with Crippen molar-refractivity contribution >= 4 is 14.4 Å². The Morgan fingerprint density at radius 3 is 2.38 bits per heavy atom. The van der Waals surface area contributed by atoms with Gasteiger partial charge in [-0.2, -0.15) is 0 Å². The molecule has 0 aromatic rings. The smallest absolute Gasteiger partial charge is 0.421 e. The van der Waals surface area contributed by atoms with E-state index in [0.717, 1.165) is 32.3 Å². The van der Waals surface area contributed by atoms with Crippen molar-refractivity contribution in [3.8, 4) is 12.0 Å². The first-order chi connectivity index (χ1) is 11.2. The quantitative estimate of drug-likeness (QED) is 0.297. The van der Waals surface area contributed by atoms with Crippen LogP contribution in [0, 0.1) is 12.0 Å². The Labute approximate surface area is 149 Å². The van der Waals surface area contributed by atoms with Crippen LogP contribution in [0.25, 0.3) is 0 Å². The Bertz CT molecular complexity index is 453. The van der Waals surface area contributed by atoms with Crippen LogP contribution >= 0.6 is 0 Å². The normalized spacial score (nSPS) is 16.2. The van der Waals surface area contributed by atoms with Crippen LogP contribution < -0.4 is 0 Å². The van der Waals surface area contributed by atoms with Crippen molar-refractivity contribution in [1.29, 1.82) is 0 Å². The van der Waals surface area contributed by atoms with Crippen LogP contribution in [0.1, 0.15) is 65.7 Å². The summed E-state index contributed by atoms with van der Waals surface area (Å²) in [6.45, 7) is 12.0. The summed E-state index contributed by atoms with van der Waals surface area (Å²) in [6.07, 6.45) is 6.96. The van der Waals surface area contributed by atoms with Crippen molar-refractivity contribution in [2.75, 3.05) is 13.7 Å². The van der Waals surface area contributed by atoms with Gasteiger partial charge in [-0.25, -0.2) is 9.69 Å². The first-order valence-corrected chi connectivity index (χ1v) is 12.1. The number of hydrogen-bond donors (Lipinski definition) is 0. The maximum Gasteiger partial charge on any atom is 0.421 e.